The second kappa shape index (κ2) is 7.58. The molecule has 2 aromatic carbocycles. The van der Waals surface area contributed by atoms with Crippen molar-refractivity contribution in [3.8, 4) is 5.75 Å². The van der Waals surface area contributed by atoms with Crippen molar-refractivity contribution in [2.45, 2.75) is 13.3 Å². The van der Waals surface area contributed by atoms with Gasteiger partial charge in [0.1, 0.15) is 12.4 Å². The minimum atomic E-state index is -0.273. The number of amides is 3. The minimum Gasteiger partial charge on any atom is -0.494 e. The lowest BCUT2D eigenvalue weighted by Gasteiger charge is -2.37. The third-order valence-electron chi connectivity index (χ3n) is 7.76. The van der Waals surface area contributed by atoms with Gasteiger partial charge in [-0.05, 0) is 73.4 Å². The van der Waals surface area contributed by atoms with Crippen LogP contribution < -0.4 is 9.64 Å². The van der Waals surface area contributed by atoms with Crippen LogP contribution in [0.5, 0.6) is 5.75 Å². The molecule has 1 aliphatic heterocycles. The van der Waals surface area contributed by atoms with Crippen molar-refractivity contribution in [3.63, 3.8) is 0 Å². The molecule has 2 aromatic rings. The summed E-state index contributed by atoms with van der Waals surface area (Å²) in [5.74, 6) is 1.06. The van der Waals surface area contributed by atoms with E-state index in [4.69, 9.17) is 4.74 Å². The highest BCUT2D eigenvalue weighted by molar-refractivity contribution is 6.09. The van der Waals surface area contributed by atoms with E-state index in [-0.39, 0.29) is 48.1 Å². The van der Waals surface area contributed by atoms with Gasteiger partial charge in [0.2, 0.25) is 11.8 Å². The van der Waals surface area contributed by atoms with Gasteiger partial charge in [-0.25, -0.2) is 0 Å². The normalized spacial score (nSPS) is 30.8. The Morgan fingerprint density at radius 2 is 1.55 bits per heavy atom. The summed E-state index contributed by atoms with van der Waals surface area (Å²) in [6.07, 6.45) is 5.45. The maximum absolute atomic E-state index is 13.5. The summed E-state index contributed by atoms with van der Waals surface area (Å²) >= 11 is 0. The van der Waals surface area contributed by atoms with E-state index in [1.165, 1.54) is 9.80 Å². The summed E-state index contributed by atoms with van der Waals surface area (Å²) in [5, 5.41) is 0. The van der Waals surface area contributed by atoms with E-state index in [9.17, 15) is 14.4 Å². The van der Waals surface area contributed by atoms with Gasteiger partial charge in [0.05, 0.1) is 18.4 Å². The van der Waals surface area contributed by atoms with E-state index in [1.807, 2.05) is 13.0 Å². The van der Waals surface area contributed by atoms with E-state index >= 15 is 0 Å². The van der Waals surface area contributed by atoms with E-state index in [2.05, 4.69) is 12.2 Å². The second-order valence-corrected chi connectivity index (χ2v) is 9.43. The summed E-state index contributed by atoms with van der Waals surface area (Å²) in [4.78, 5) is 43.3. The first-order chi connectivity index (χ1) is 16.1. The Hall–Kier alpha value is -3.41. The van der Waals surface area contributed by atoms with E-state index < -0.39 is 0 Å². The van der Waals surface area contributed by atoms with Gasteiger partial charge in [-0.15, -0.1) is 0 Å². The fourth-order valence-corrected chi connectivity index (χ4v) is 6.19. The molecule has 0 spiro atoms. The van der Waals surface area contributed by atoms with Crippen LogP contribution in [-0.4, -0.2) is 35.9 Å². The van der Waals surface area contributed by atoms with Crippen LogP contribution in [0.15, 0.2) is 66.7 Å². The molecular weight excluding hydrogens is 416 g/mol. The first-order valence-electron chi connectivity index (χ1n) is 11.7. The first-order valence-corrected chi connectivity index (χ1v) is 11.7. The monoisotopic (exact) mass is 442 g/mol. The van der Waals surface area contributed by atoms with E-state index in [0.717, 1.165) is 6.42 Å². The molecule has 33 heavy (non-hydrogen) atoms. The Balaban J connectivity index is 1.32. The molecule has 3 fully saturated rings. The van der Waals surface area contributed by atoms with Crippen LogP contribution >= 0.6 is 0 Å². The number of rotatable bonds is 6. The molecule has 2 bridgehead atoms. The predicted octanol–water partition coefficient (Wildman–Crippen LogP) is 3.74. The van der Waals surface area contributed by atoms with Gasteiger partial charge in [-0.2, -0.15) is 0 Å². The van der Waals surface area contributed by atoms with Gasteiger partial charge in [0, 0.05) is 11.3 Å². The van der Waals surface area contributed by atoms with Crippen molar-refractivity contribution >= 4 is 23.4 Å². The molecule has 0 aromatic heterocycles. The fraction of sp³-hybridized carbons (Fsp3) is 0.370. The third kappa shape index (κ3) is 3.11. The minimum absolute atomic E-state index is 0.0822. The SMILES string of the molecule is CCOc1ccc(N(CN2C(=O)[C@@H]3[C@@H]4C=C[C@H]([C@H]5C[C@H]45)[C@@H]3C2=O)C(=O)c2ccccc2)cc1. The van der Waals surface area contributed by atoms with E-state index in [0.29, 0.717) is 35.4 Å². The van der Waals surface area contributed by atoms with Gasteiger partial charge in [0.15, 0.2) is 0 Å². The van der Waals surface area contributed by atoms with Crippen LogP contribution in [0.2, 0.25) is 0 Å². The molecule has 1 saturated heterocycles. The van der Waals surface area contributed by atoms with Crippen molar-refractivity contribution in [3.05, 3.63) is 72.3 Å². The summed E-state index contributed by atoms with van der Waals surface area (Å²) in [5.41, 5.74) is 1.12. The number of carbonyl (C=O) groups excluding carboxylic acids is 3. The standard InChI is InChI=1S/C27H26N2O4/c1-2-33-18-10-8-17(9-11-18)28(25(30)16-6-4-3-5-7-16)15-29-26(31)23-19-12-13-20(22-14-21(19)22)24(23)27(29)32/h3-13,19-24H,2,14-15H2,1H3/t19-,20-,21-,22-,23-,24+/m1/s1. The summed E-state index contributed by atoms with van der Waals surface area (Å²) in [6.45, 7) is 2.38. The zero-order chi connectivity index (χ0) is 22.7. The number of ether oxygens (including phenoxy) is 1. The number of nitrogens with zero attached hydrogens (tertiary/aromatic N) is 2. The number of imide groups is 1. The quantitative estimate of drug-likeness (QED) is 0.505. The summed E-state index contributed by atoms with van der Waals surface area (Å²) in [6, 6.07) is 16.1. The van der Waals surface area contributed by atoms with Gasteiger partial charge in [-0.1, -0.05) is 30.4 Å². The first kappa shape index (κ1) is 20.2. The van der Waals surface area contributed by atoms with Gasteiger partial charge in [0.25, 0.3) is 5.91 Å². The Bertz CT molecular complexity index is 1110. The second-order valence-electron chi connectivity index (χ2n) is 9.43. The molecule has 4 aliphatic carbocycles. The number of carbonyl (C=O) groups is 3. The molecular formula is C27H26N2O4. The molecule has 3 amide bonds. The molecule has 2 saturated carbocycles. The van der Waals surface area contributed by atoms with Gasteiger partial charge >= 0.3 is 0 Å². The third-order valence-corrected chi connectivity index (χ3v) is 7.76. The Morgan fingerprint density at radius 3 is 2.12 bits per heavy atom. The van der Waals surface area contributed by atoms with Crippen molar-refractivity contribution in [1.29, 1.82) is 0 Å². The van der Waals surface area contributed by atoms with Crippen LogP contribution in [0.1, 0.15) is 23.7 Å². The van der Waals surface area contributed by atoms with Crippen molar-refractivity contribution in [2.75, 3.05) is 18.2 Å². The van der Waals surface area contributed by atoms with E-state index in [1.54, 1.807) is 48.5 Å². The number of anilines is 1. The molecule has 0 radical (unpaired) electrons. The molecule has 0 N–H and O–H groups in total. The van der Waals surface area contributed by atoms with Crippen molar-refractivity contribution in [1.82, 2.24) is 4.90 Å². The smallest absolute Gasteiger partial charge is 0.259 e. The average Bonchev–Trinajstić information content (AvgIpc) is 3.63. The number of likely N-dealkylation sites (tertiary alicyclic amines) is 1. The zero-order valence-electron chi connectivity index (χ0n) is 18.5. The number of hydrogen-bond acceptors (Lipinski definition) is 4. The van der Waals surface area contributed by atoms with Crippen molar-refractivity contribution < 1.29 is 19.1 Å². The molecule has 6 atom stereocenters. The average molecular weight is 443 g/mol. The summed E-state index contributed by atoms with van der Waals surface area (Å²) in [7, 11) is 0. The molecule has 6 heteroatoms. The Labute approximate surface area is 192 Å². The van der Waals surface area contributed by atoms with Crippen LogP contribution in [0.25, 0.3) is 0 Å². The van der Waals surface area contributed by atoms with Crippen LogP contribution in [0, 0.1) is 35.5 Å². The number of allylic oxidation sites excluding steroid dienone is 2. The lowest BCUT2D eigenvalue weighted by Crippen LogP contribution is -2.45. The zero-order valence-corrected chi connectivity index (χ0v) is 18.5. The van der Waals surface area contributed by atoms with Crippen molar-refractivity contribution in [2.24, 2.45) is 35.5 Å². The maximum atomic E-state index is 13.5. The molecule has 168 valence electrons. The molecule has 6 nitrogen and oxygen atoms in total. The Morgan fingerprint density at radius 1 is 0.939 bits per heavy atom. The predicted molar refractivity (Wildman–Crippen MR) is 122 cm³/mol. The number of hydrogen-bond donors (Lipinski definition) is 0. The van der Waals surface area contributed by atoms with Crippen LogP contribution in [0.3, 0.4) is 0 Å². The molecule has 0 unspecified atom stereocenters. The Kier molecular flexibility index (Phi) is 4.64. The highest BCUT2D eigenvalue weighted by atomic mass is 16.5. The lowest BCUT2D eigenvalue weighted by atomic mass is 9.63. The van der Waals surface area contributed by atoms with Gasteiger partial charge < -0.3 is 4.74 Å². The topological polar surface area (TPSA) is 66.9 Å². The fourth-order valence-electron chi connectivity index (χ4n) is 6.19. The summed E-state index contributed by atoms with van der Waals surface area (Å²) < 4.78 is 5.53. The van der Waals surface area contributed by atoms with Crippen LogP contribution in [-0.2, 0) is 9.59 Å². The highest BCUT2D eigenvalue weighted by Crippen LogP contribution is 2.65. The lowest BCUT2D eigenvalue weighted by molar-refractivity contribution is -0.140. The van der Waals surface area contributed by atoms with Gasteiger partial charge in [-0.3, -0.25) is 24.2 Å². The highest BCUT2D eigenvalue weighted by Gasteiger charge is 2.67. The largest absolute Gasteiger partial charge is 0.494 e. The molecule has 7 rings (SSSR count). The molecule has 1 heterocycles. The molecule has 5 aliphatic rings. The van der Waals surface area contributed by atoms with Crippen LogP contribution in [0.4, 0.5) is 5.69 Å². The maximum Gasteiger partial charge on any atom is 0.259 e. The number of benzene rings is 2.